The predicted molar refractivity (Wildman–Crippen MR) is 81.9 cm³/mol. The molecule has 2 rings (SSSR count). The highest BCUT2D eigenvalue weighted by atomic mass is 35.5. The third kappa shape index (κ3) is 3.95. The first-order valence-corrected chi connectivity index (χ1v) is 7.84. The van der Waals surface area contributed by atoms with Gasteiger partial charge in [-0.25, -0.2) is 0 Å². The minimum Gasteiger partial charge on any atom is -0.271 e. The second-order valence-corrected chi connectivity index (χ2v) is 6.20. The zero-order valence-electron chi connectivity index (χ0n) is 11.7. The lowest BCUT2D eigenvalue weighted by atomic mass is 9.75. The summed E-state index contributed by atoms with van der Waals surface area (Å²) in [5, 5.41) is 0.783. The zero-order chi connectivity index (χ0) is 13.7. The summed E-state index contributed by atoms with van der Waals surface area (Å²) in [4.78, 5) is 0. The molecule has 1 aromatic rings. The Hall–Kier alpha value is -0.570. The molecule has 1 fully saturated rings. The standard InChI is InChI=1S/C16H25ClN2/c1-2-3-12-4-6-13(7-5-12)16(19-18)14-8-10-15(17)11-9-14/h8-13,16,19H,2-7,18H2,1H3. The first kappa shape index (κ1) is 14.8. The van der Waals surface area contributed by atoms with Gasteiger partial charge in [-0.1, -0.05) is 56.3 Å². The van der Waals surface area contributed by atoms with Crippen LogP contribution in [-0.2, 0) is 0 Å². The number of hydrogen-bond acceptors (Lipinski definition) is 2. The van der Waals surface area contributed by atoms with Crippen LogP contribution in [0, 0.1) is 11.8 Å². The molecule has 0 saturated heterocycles. The van der Waals surface area contributed by atoms with Crippen LogP contribution in [-0.4, -0.2) is 0 Å². The zero-order valence-corrected chi connectivity index (χ0v) is 12.5. The van der Waals surface area contributed by atoms with Crippen molar-refractivity contribution in [1.29, 1.82) is 0 Å². The van der Waals surface area contributed by atoms with E-state index < -0.39 is 0 Å². The van der Waals surface area contributed by atoms with Crippen LogP contribution in [0.1, 0.15) is 57.1 Å². The minimum absolute atomic E-state index is 0.264. The Morgan fingerprint density at radius 3 is 2.37 bits per heavy atom. The van der Waals surface area contributed by atoms with E-state index >= 15 is 0 Å². The third-order valence-corrected chi connectivity index (χ3v) is 4.72. The number of halogens is 1. The topological polar surface area (TPSA) is 38.0 Å². The lowest BCUT2D eigenvalue weighted by Crippen LogP contribution is -2.35. The number of benzene rings is 1. The highest BCUT2D eigenvalue weighted by molar-refractivity contribution is 6.30. The van der Waals surface area contributed by atoms with E-state index in [1.807, 2.05) is 12.1 Å². The van der Waals surface area contributed by atoms with Gasteiger partial charge in [0, 0.05) is 11.1 Å². The first-order valence-electron chi connectivity index (χ1n) is 7.46. The Morgan fingerprint density at radius 1 is 1.21 bits per heavy atom. The lowest BCUT2D eigenvalue weighted by molar-refractivity contribution is 0.215. The molecule has 1 aromatic carbocycles. The second kappa shape index (κ2) is 7.28. The van der Waals surface area contributed by atoms with E-state index in [-0.39, 0.29) is 6.04 Å². The van der Waals surface area contributed by atoms with Crippen molar-refractivity contribution in [2.75, 3.05) is 0 Å². The fraction of sp³-hybridized carbons (Fsp3) is 0.625. The molecule has 0 radical (unpaired) electrons. The van der Waals surface area contributed by atoms with E-state index in [0.29, 0.717) is 5.92 Å². The van der Waals surface area contributed by atoms with E-state index in [9.17, 15) is 0 Å². The van der Waals surface area contributed by atoms with Gasteiger partial charge in [0.15, 0.2) is 0 Å². The van der Waals surface area contributed by atoms with Crippen molar-refractivity contribution in [3.63, 3.8) is 0 Å². The Labute approximate surface area is 121 Å². The molecule has 1 aliphatic carbocycles. The fourth-order valence-electron chi connectivity index (χ4n) is 3.39. The van der Waals surface area contributed by atoms with Crippen LogP contribution in [0.3, 0.4) is 0 Å². The summed E-state index contributed by atoms with van der Waals surface area (Å²) >= 11 is 5.95. The van der Waals surface area contributed by atoms with Crippen LogP contribution < -0.4 is 11.3 Å². The summed E-state index contributed by atoms with van der Waals surface area (Å²) < 4.78 is 0. The monoisotopic (exact) mass is 280 g/mol. The van der Waals surface area contributed by atoms with E-state index in [1.165, 1.54) is 44.1 Å². The molecule has 106 valence electrons. The number of rotatable bonds is 5. The van der Waals surface area contributed by atoms with Crippen LogP contribution in [0.4, 0.5) is 0 Å². The van der Waals surface area contributed by atoms with E-state index in [1.54, 1.807) is 0 Å². The van der Waals surface area contributed by atoms with Crippen LogP contribution in [0.15, 0.2) is 24.3 Å². The van der Waals surface area contributed by atoms with Crippen LogP contribution >= 0.6 is 11.6 Å². The smallest absolute Gasteiger partial charge is 0.0488 e. The van der Waals surface area contributed by atoms with Crippen molar-refractivity contribution in [2.24, 2.45) is 17.7 Å². The summed E-state index contributed by atoms with van der Waals surface area (Å²) in [6.45, 7) is 2.28. The summed E-state index contributed by atoms with van der Waals surface area (Å²) in [7, 11) is 0. The summed E-state index contributed by atoms with van der Waals surface area (Å²) in [5.41, 5.74) is 4.27. The Bertz CT molecular complexity index is 369. The maximum Gasteiger partial charge on any atom is 0.0488 e. The molecule has 1 aliphatic rings. The van der Waals surface area contributed by atoms with Crippen molar-refractivity contribution in [2.45, 2.75) is 51.5 Å². The van der Waals surface area contributed by atoms with E-state index in [0.717, 1.165) is 10.9 Å². The second-order valence-electron chi connectivity index (χ2n) is 5.77. The van der Waals surface area contributed by atoms with E-state index in [4.69, 9.17) is 17.4 Å². The third-order valence-electron chi connectivity index (χ3n) is 4.47. The molecule has 3 N–H and O–H groups in total. The highest BCUT2D eigenvalue weighted by Gasteiger charge is 2.27. The molecular formula is C16H25ClN2. The van der Waals surface area contributed by atoms with Gasteiger partial charge >= 0.3 is 0 Å². The van der Waals surface area contributed by atoms with Crippen LogP contribution in [0.2, 0.25) is 5.02 Å². The van der Waals surface area contributed by atoms with Crippen molar-refractivity contribution in [3.05, 3.63) is 34.9 Å². The summed E-state index contributed by atoms with van der Waals surface area (Å²) in [5.74, 6) is 7.37. The van der Waals surface area contributed by atoms with Crippen LogP contribution in [0.25, 0.3) is 0 Å². The van der Waals surface area contributed by atoms with Gasteiger partial charge in [-0.05, 0) is 42.4 Å². The van der Waals surface area contributed by atoms with Gasteiger partial charge < -0.3 is 0 Å². The molecule has 0 heterocycles. The average Bonchev–Trinajstić information content (AvgIpc) is 2.44. The molecule has 3 heteroatoms. The summed E-state index contributed by atoms with van der Waals surface area (Å²) in [6.07, 6.45) is 7.96. The molecule has 1 atom stereocenters. The largest absolute Gasteiger partial charge is 0.271 e. The van der Waals surface area contributed by atoms with Gasteiger partial charge in [0.05, 0.1) is 0 Å². The quantitative estimate of drug-likeness (QED) is 0.618. The number of hydrogen-bond donors (Lipinski definition) is 2. The van der Waals surface area contributed by atoms with Crippen molar-refractivity contribution in [1.82, 2.24) is 5.43 Å². The Kier molecular flexibility index (Phi) is 5.68. The molecule has 0 bridgehead atoms. The normalized spacial score (nSPS) is 25.2. The Morgan fingerprint density at radius 2 is 1.84 bits per heavy atom. The molecule has 1 saturated carbocycles. The fourth-order valence-corrected chi connectivity index (χ4v) is 3.52. The SMILES string of the molecule is CCCC1CCC(C(NN)c2ccc(Cl)cc2)CC1. The van der Waals surface area contributed by atoms with Crippen molar-refractivity contribution < 1.29 is 0 Å². The molecular weight excluding hydrogens is 256 g/mol. The summed E-state index contributed by atoms with van der Waals surface area (Å²) in [6, 6.07) is 8.34. The molecule has 0 spiro atoms. The predicted octanol–water partition coefficient (Wildman–Crippen LogP) is 4.45. The highest BCUT2D eigenvalue weighted by Crippen LogP contribution is 2.38. The van der Waals surface area contributed by atoms with Gasteiger partial charge in [-0.15, -0.1) is 0 Å². The molecule has 0 amide bonds. The van der Waals surface area contributed by atoms with Gasteiger partial charge in [-0.2, -0.15) is 0 Å². The maximum atomic E-state index is 5.95. The molecule has 0 aliphatic heterocycles. The minimum atomic E-state index is 0.264. The molecule has 0 aromatic heterocycles. The number of nitrogens with two attached hydrogens (primary N) is 1. The van der Waals surface area contributed by atoms with Crippen LogP contribution in [0.5, 0.6) is 0 Å². The number of nitrogens with one attached hydrogen (secondary N) is 1. The van der Waals surface area contributed by atoms with Crippen molar-refractivity contribution >= 4 is 11.6 Å². The maximum absolute atomic E-state index is 5.95. The van der Waals surface area contributed by atoms with Crippen molar-refractivity contribution in [3.8, 4) is 0 Å². The Balaban J connectivity index is 1.97. The van der Waals surface area contributed by atoms with Gasteiger partial charge in [0.1, 0.15) is 0 Å². The lowest BCUT2D eigenvalue weighted by Gasteiger charge is -2.33. The molecule has 19 heavy (non-hydrogen) atoms. The number of hydrazine groups is 1. The first-order chi connectivity index (χ1) is 9.24. The molecule has 2 nitrogen and oxygen atoms in total. The van der Waals surface area contributed by atoms with Gasteiger partial charge in [-0.3, -0.25) is 11.3 Å². The van der Waals surface area contributed by atoms with E-state index in [2.05, 4.69) is 24.5 Å². The van der Waals surface area contributed by atoms with Gasteiger partial charge in [0.25, 0.3) is 0 Å². The van der Waals surface area contributed by atoms with Gasteiger partial charge in [0.2, 0.25) is 0 Å². The molecule has 1 unspecified atom stereocenters. The average molecular weight is 281 g/mol.